The third kappa shape index (κ3) is 20.5. The predicted octanol–water partition coefficient (Wildman–Crippen LogP) is 12.3. The van der Waals surface area contributed by atoms with Crippen molar-refractivity contribution in [1.82, 2.24) is 30.7 Å². The quantitative estimate of drug-likeness (QED) is 0.0646. The molecule has 3 aromatic carbocycles. The Morgan fingerprint density at radius 2 is 0.824 bits per heavy atom. The van der Waals surface area contributed by atoms with Crippen LogP contribution < -0.4 is 16.0 Å². The summed E-state index contributed by atoms with van der Waals surface area (Å²) in [6, 6.07) is 14.9. The van der Waals surface area contributed by atoms with Gasteiger partial charge in [-0.3, -0.25) is 48.3 Å². The highest BCUT2D eigenvalue weighted by atomic mass is 35.5. The van der Waals surface area contributed by atoms with Crippen LogP contribution in [0.1, 0.15) is 127 Å². The minimum atomic E-state index is -0.883. The highest BCUT2D eigenvalue weighted by Gasteiger charge is 2.36. The molecule has 0 radical (unpaired) electrons. The average Bonchev–Trinajstić information content (AvgIpc) is 2.94. The molecule has 0 aliphatic carbocycles. The van der Waals surface area contributed by atoms with E-state index in [0.29, 0.717) is 48.2 Å². The number of carbonyl (C=O) groups excluding carboxylic acids is 7. The number of rotatable bonds is 13. The van der Waals surface area contributed by atoms with E-state index in [1.807, 2.05) is 47.6 Å². The van der Waals surface area contributed by atoms with Crippen LogP contribution >= 0.6 is 69.6 Å². The summed E-state index contributed by atoms with van der Waals surface area (Å²) >= 11 is 36.2. The molecule has 3 aliphatic rings. The maximum Gasteiger partial charge on any atom is 0.338 e. The molecule has 0 aromatic heterocycles. The van der Waals surface area contributed by atoms with Crippen molar-refractivity contribution in [2.24, 2.45) is 47.2 Å². The lowest BCUT2D eigenvalue weighted by atomic mass is 9.95. The fourth-order valence-corrected chi connectivity index (χ4v) is 8.62. The zero-order chi connectivity index (χ0) is 63.2. The van der Waals surface area contributed by atoms with Gasteiger partial charge in [-0.15, -0.1) is 0 Å². The van der Waals surface area contributed by atoms with Crippen molar-refractivity contribution in [2.45, 2.75) is 148 Å². The summed E-state index contributed by atoms with van der Waals surface area (Å²) in [5.41, 5.74) is 2.00. The number of aliphatic imine (C=N–C) groups is 6. The lowest BCUT2D eigenvalue weighted by Crippen LogP contribution is -2.42. The molecule has 3 N–H and O–H groups in total. The number of amides is 7. The van der Waals surface area contributed by atoms with Gasteiger partial charge in [-0.1, -0.05) is 157 Å². The Morgan fingerprint density at radius 3 is 1.13 bits per heavy atom. The molecule has 19 nitrogen and oxygen atoms in total. The lowest BCUT2D eigenvalue weighted by molar-refractivity contribution is -0.140. The monoisotopic (exact) mass is 1280 g/mol. The van der Waals surface area contributed by atoms with Crippen molar-refractivity contribution in [3.63, 3.8) is 0 Å². The van der Waals surface area contributed by atoms with Crippen LogP contribution in [0.3, 0.4) is 0 Å². The molecule has 7 amide bonds. The van der Waals surface area contributed by atoms with E-state index < -0.39 is 17.2 Å². The third-order valence-electron chi connectivity index (χ3n) is 12.3. The molecule has 3 aromatic rings. The van der Waals surface area contributed by atoms with E-state index in [4.69, 9.17) is 69.6 Å². The highest BCUT2D eigenvalue weighted by molar-refractivity contribution is 6.45. The summed E-state index contributed by atoms with van der Waals surface area (Å²) in [7, 11) is 0. The number of carbonyl (C=O) groups is 7. The first-order valence-corrected chi connectivity index (χ1v) is 29.1. The van der Waals surface area contributed by atoms with Crippen molar-refractivity contribution in [2.75, 3.05) is 0 Å². The molecule has 0 atom stereocenters. The number of hydrogen-bond acceptors (Lipinski definition) is 12. The van der Waals surface area contributed by atoms with Gasteiger partial charge in [0.2, 0.25) is 35.6 Å². The minimum absolute atomic E-state index is 0. The number of nitrogens with one attached hydrogen (secondary N) is 3. The van der Waals surface area contributed by atoms with Gasteiger partial charge in [0, 0.05) is 54.6 Å². The smallest absolute Gasteiger partial charge is 0.314 e. The number of benzene rings is 3. The molecule has 3 aliphatic heterocycles. The molecule has 0 saturated heterocycles. The van der Waals surface area contributed by atoms with Crippen LogP contribution in [-0.2, 0) is 52.8 Å². The molecule has 6 rings (SSSR count). The lowest BCUT2D eigenvalue weighted by Gasteiger charge is -2.22. The van der Waals surface area contributed by atoms with Gasteiger partial charge in [0.15, 0.2) is 0 Å². The van der Waals surface area contributed by atoms with Gasteiger partial charge in [0.25, 0.3) is 11.8 Å². The first-order chi connectivity index (χ1) is 39.2. The van der Waals surface area contributed by atoms with E-state index in [1.165, 1.54) is 14.7 Å². The summed E-state index contributed by atoms with van der Waals surface area (Å²) in [6.45, 7) is 31.1. The SMILES string of the molecule is C.C=C1N=C(N=C(Cc2ccc(Cl)c(Cl)c2)NC(=O)C(C)(C)C)N(C(C)C)C1=O.C=C1N=C(N=C(Cc2ccc(Cl)c(Cl)c2)NC(=O)C(CC)CC)N(C(C)C)C1=O.CC(C)C(=O)NC(Cc1ccc(Cl)c(Cl)c1)=NC1=NC(=O)C(=O)N1C(C)C. The largest absolute Gasteiger partial charge is 0.338 e. The highest BCUT2D eigenvalue weighted by Crippen LogP contribution is 2.27. The Labute approximate surface area is 528 Å². The zero-order valence-electron chi connectivity index (χ0n) is 49.2. The molecule has 0 saturated carbocycles. The van der Waals surface area contributed by atoms with Gasteiger partial charge < -0.3 is 16.0 Å². The van der Waals surface area contributed by atoms with Crippen molar-refractivity contribution in [3.05, 3.63) is 126 Å². The molecule has 458 valence electrons. The molecule has 3 heterocycles. The van der Waals surface area contributed by atoms with Crippen LogP contribution in [0.15, 0.2) is 109 Å². The van der Waals surface area contributed by atoms with Crippen molar-refractivity contribution in [1.29, 1.82) is 0 Å². The Hall–Kier alpha value is -6.61. The molecule has 0 spiro atoms. The first-order valence-electron chi connectivity index (χ1n) is 26.8. The van der Waals surface area contributed by atoms with Crippen molar-refractivity contribution >= 4 is 146 Å². The molecule has 0 bridgehead atoms. The summed E-state index contributed by atoms with van der Waals surface area (Å²) in [5.74, 6) is -1.83. The van der Waals surface area contributed by atoms with Crippen LogP contribution in [0.25, 0.3) is 0 Å². The molecular formula is C60H74Cl6N12O7. The first kappa shape index (κ1) is 72.6. The summed E-state index contributed by atoms with van der Waals surface area (Å²) < 4.78 is 0. The standard InChI is InChI=1S/C21H26Cl2N4O2.C20H24Cl2N4O2.C18H20Cl2N4O3.CH4/c1-6-15(7-2)19(28)25-18(11-14-8-9-16(22)17(23)10-14)26-21-24-13(5)20(29)27(21)12(3)4;1-11(2)26-17(27)12(3)23-19(26)25-16(24-18(28)20(4,5)6)10-13-7-8-14(21)15(22)9-13;1-9(2)15(25)21-14(8-11-5-6-12(19)13(20)7-11)22-18-23-16(26)17(27)24(18)10(3)4;/h8-10,12,15H,5-7,11H2,1-4H3,(H,24,25,26,28);7-9,11H,3,10H2,1-2,4-6H3,(H,23,24,25,28);5-7,9-10H,8H2,1-4H3,(H,21,22,23,25,26);1H4. The number of guanidine groups is 3. The average molecular weight is 1290 g/mol. The molecule has 25 heteroatoms. The van der Waals surface area contributed by atoms with E-state index in [1.54, 1.807) is 97.0 Å². The normalized spacial score (nSPS) is 14.9. The van der Waals surface area contributed by atoms with E-state index in [9.17, 15) is 33.6 Å². The number of nitrogens with zero attached hydrogens (tertiary/aromatic N) is 9. The van der Waals surface area contributed by atoms with E-state index in [-0.39, 0.29) is 115 Å². The van der Waals surface area contributed by atoms with Gasteiger partial charge in [0.05, 0.1) is 30.1 Å². The van der Waals surface area contributed by atoms with Gasteiger partial charge in [-0.2, -0.15) is 20.0 Å². The zero-order valence-corrected chi connectivity index (χ0v) is 53.7. The Bertz CT molecular complexity index is 3280. The minimum Gasteiger partial charge on any atom is -0.314 e. The second-order valence-corrected chi connectivity index (χ2v) is 24.0. The number of hydrogen-bond donors (Lipinski definition) is 3. The molecule has 0 unspecified atom stereocenters. The van der Waals surface area contributed by atoms with Gasteiger partial charge in [-0.25, -0.2) is 9.98 Å². The van der Waals surface area contributed by atoms with Crippen molar-refractivity contribution < 1.29 is 33.6 Å². The summed E-state index contributed by atoms with van der Waals surface area (Å²) in [5, 5.41) is 11.0. The maximum atomic E-state index is 12.7. The van der Waals surface area contributed by atoms with Crippen LogP contribution in [0.4, 0.5) is 0 Å². The number of amidine groups is 3. The fourth-order valence-electron chi connectivity index (χ4n) is 7.66. The predicted molar refractivity (Wildman–Crippen MR) is 344 cm³/mol. The number of halogens is 6. The van der Waals surface area contributed by atoms with Crippen LogP contribution in [0.2, 0.25) is 30.1 Å². The van der Waals surface area contributed by atoms with Gasteiger partial charge >= 0.3 is 11.8 Å². The molecular weight excluding hydrogens is 1210 g/mol. The van der Waals surface area contributed by atoms with Crippen LogP contribution in [0.5, 0.6) is 0 Å². The Balaban J connectivity index is 0.000000332. The topological polar surface area (TPSA) is 239 Å². The fraction of sp³-hybridized carbons (Fsp3) is 0.417. The van der Waals surface area contributed by atoms with Gasteiger partial charge in [0.1, 0.15) is 28.9 Å². The molecule has 0 fully saturated rings. The van der Waals surface area contributed by atoms with Crippen LogP contribution in [0, 0.1) is 17.3 Å². The van der Waals surface area contributed by atoms with E-state index >= 15 is 0 Å². The second kappa shape index (κ2) is 32.2. The van der Waals surface area contributed by atoms with E-state index in [2.05, 4.69) is 59.1 Å². The second-order valence-electron chi connectivity index (χ2n) is 21.5. The summed E-state index contributed by atoms with van der Waals surface area (Å²) in [4.78, 5) is 115. The molecule has 85 heavy (non-hydrogen) atoms. The Morgan fingerprint density at radius 1 is 0.506 bits per heavy atom. The van der Waals surface area contributed by atoms with E-state index in [0.717, 1.165) is 29.5 Å². The maximum absolute atomic E-state index is 12.7. The van der Waals surface area contributed by atoms with Crippen LogP contribution in [-0.4, -0.2) is 110 Å². The summed E-state index contributed by atoms with van der Waals surface area (Å²) in [6.07, 6.45) is 2.23. The van der Waals surface area contributed by atoms with Crippen molar-refractivity contribution in [3.8, 4) is 0 Å². The van der Waals surface area contributed by atoms with Gasteiger partial charge in [-0.05, 0) is 107 Å². The Kier molecular flexibility index (Phi) is 27.5. The third-order valence-corrected chi connectivity index (χ3v) is 14.5.